The summed E-state index contributed by atoms with van der Waals surface area (Å²) < 4.78 is 1.53. The van der Waals surface area contributed by atoms with E-state index in [1.807, 2.05) is 43.9 Å². The van der Waals surface area contributed by atoms with Crippen molar-refractivity contribution in [2.45, 2.75) is 39.0 Å². The second-order valence-electron chi connectivity index (χ2n) is 7.94. The Bertz CT molecular complexity index is 850. The van der Waals surface area contributed by atoms with E-state index in [2.05, 4.69) is 22.0 Å². The first-order valence-electron chi connectivity index (χ1n) is 9.22. The van der Waals surface area contributed by atoms with E-state index < -0.39 is 0 Å². The molecule has 1 aromatic heterocycles. The van der Waals surface area contributed by atoms with Crippen LogP contribution in [0.1, 0.15) is 48.9 Å². The number of hydrogen-bond donors (Lipinski definition) is 2. The van der Waals surface area contributed by atoms with Crippen LogP contribution in [-0.2, 0) is 23.7 Å². The molecular formula is C20H27N5O2. The number of carbonyl (C=O) groups is 2. The van der Waals surface area contributed by atoms with Gasteiger partial charge in [-0.15, -0.1) is 0 Å². The summed E-state index contributed by atoms with van der Waals surface area (Å²) in [5, 5.41) is 4.38. The molecule has 3 rings (SSSR count). The van der Waals surface area contributed by atoms with Crippen molar-refractivity contribution < 1.29 is 9.59 Å². The molecule has 7 nitrogen and oxygen atoms in total. The number of nitrogens with zero attached hydrogens (tertiary/aromatic N) is 3. The summed E-state index contributed by atoms with van der Waals surface area (Å²) in [5.41, 5.74) is 8.43. The number of nitrogens with one attached hydrogen (secondary N) is 2. The zero-order chi connectivity index (χ0) is 19.6. The lowest BCUT2D eigenvalue weighted by atomic mass is 9.92. The molecule has 0 bridgehead atoms. The molecule has 0 saturated carbocycles. The van der Waals surface area contributed by atoms with Crippen molar-refractivity contribution in [2.24, 2.45) is 7.05 Å². The summed E-state index contributed by atoms with van der Waals surface area (Å²) in [6.45, 7) is 7.14. The number of rotatable bonds is 3. The number of para-hydroxylation sites is 1. The van der Waals surface area contributed by atoms with Gasteiger partial charge in [0.2, 0.25) is 0 Å². The lowest BCUT2D eigenvalue weighted by Crippen LogP contribution is -2.47. The lowest BCUT2D eigenvalue weighted by Gasteiger charge is -2.30. The van der Waals surface area contributed by atoms with Crippen LogP contribution in [0.15, 0.2) is 30.3 Å². The number of carbonyl (C=O) groups excluding carboxylic acids is 2. The molecule has 0 aliphatic carbocycles. The number of amides is 2. The van der Waals surface area contributed by atoms with Gasteiger partial charge < -0.3 is 4.90 Å². The van der Waals surface area contributed by atoms with E-state index in [1.165, 1.54) is 10.2 Å². The molecule has 2 N–H and O–H groups in total. The number of hydrazine groups is 1. The van der Waals surface area contributed by atoms with Crippen LogP contribution in [0, 0.1) is 0 Å². The predicted octanol–water partition coefficient (Wildman–Crippen LogP) is 1.93. The topological polar surface area (TPSA) is 79.3 Å². The maximum atomic E-state index is 12.4. The maximum absolute atomic E-state index is 12.4. The standard InChI is InChI=1S/C20H27N5O2/c1-20(2,3)17-12-16(24(4)23-17)19(27)22-21-18(26)13-25-11-7-9-14-8-5-6-10-15(14)25/h5-6,8,10,12H,7,9,11,13H2,1-4H3,(H,21,26)(H,22,27). The number of aryl methyl sites for hydroxylation is 2. The molecule has 0 unspecified atom stereocenters. The Morgan fingerprint density at radius 1 is 1.19 bits per heavy atom. The molecule has 1 aromatic carbocycles. The minimum absolute atomic E-state index is 0.152. The summed E-state index contributed by atoms with van der Waals surface area (Å²) >= 11 is 0. The molecule has 1 aliphatic heterocycles. The third-order valence-electron chi connectivity index (χ3n) is 4.74. The molecule has 7 heteroatoms. The van der Waals surface area contributed by atoms with Gasteiger partial charge in [-0.2, -0.15) is 5.10 Å². The molecule has 144 valence electrons. The summed E-state index contributed by atoms with van der Waals surface area (Å²) in [6, 6.07) is 9.87. The van der Waals surface area contributed by atoms with Crippen molar-refractivity contribution >= 4 is 17.5 Å². The lowest BCUT2D eigenvalue weighted by molar-refractivity contribution is -0.120. The van der Waals surface area contributed by atoms with Crippen LogP contribution in [-0.4, -0.2) is 34.7 Å². The van der Waals surface area contributed by atoms with Crippen LogP contribution in [0.5, 0.6) is 0 Å². The largest absolute Gasteiger partial charge is 0.362 e. The SMILES string of the molecule is Cn1nc(C(C)(C)C)cc1C(=O)NNC(=O)CN1CCCc2ccccc21. The van der Waals surface area contributed by atoms with E-state index in [0.29, 0.717) is 5.69 Å². The van der Waals surface area contributed by atoms with E-state index in [0.717, 1.165) is 30.8 Å². The van der Waals surface area contributed by atoms with Crippen molar-refractivity contribution in [1.82, 2.24) is 20.6 Å². The van der Waals surface area contributed by atoms with Gasteiger partial charge in [-0.3, -0.25) is 25.1 Å². The highest BCUT2D eigenvalue weighted by atomic mass is 16.2. The molecule has 27 heavy (non-hydrogen) atoms. The second kappa shape index (κ2) is 7.42. The third kappa shape index (κ3) is 4.30. The summed E-state index contributed by atoms with van der Waals surface area (Å²) in [6.07, 6.45) is 2.04. The van der Waals surface area contributed by atoms with Crippen LogP contribution in [0.3, 0.4) is 0 Å². The molecule has 0 atom stereocenters. The summed E-state index contributed by atoms with van der Waals surface area (Å²) in [4.78, 5) is 26.8. The molecule has 0 saturated heterocycles. The predicted molar refractivity (Wildman–Crippen MR) is 104 cm³/mol. The average molecular weight is 369 g/mol. The van der Waals surface area contributed by atoms with Crippen LogP contribution in [0.2, 0.25) is 0 Å². The molecular weight excluding hydrogens is 342 g/mol. The Kier molecular flexibility index (Phi) is 5.21. The van der Waals surface area contributed by atoms with Crippen LogP contribution >= 0.6 is 0 Å². The van der Waals surface area contributed by atoms with Crippen LogP contribution < -0.4 is 15.8 Å². The first-order valence-corrected chi connectivity index (χ1v) is 9.22. The maximum Gasteiger partial charge on any atom is 0.287 e. The van der Waals surface area contributed by atoms with Gasteiger partial charge in [0.25, 0.3) is 11.8 Å². The quantitative estimate of drug-likeness (QED) is 0.811. The van der Waals surface area contributed by atoms with Crippen molar-refractivity contribution in [3.63, 3.8) is 0 Å². The summed E-state index contributed by atoms with van der Waals surface area (Å²) in [5.74, 6) is -0.633. The van der Waals surface area contributed by atoms with Gasteiger partial charge in [0.15, 0.2) is 0 Å². The van der Waals surface area contributed by atoms with Gasteiger partial charge in [-0.05, 0) is 30.5 Å². The number of anilines is 1. The smallest absolute Gasteiger partial charge is 0.287 e. The third-order valence-corrected chi connectivity index (χ3v) is 4.74. The molecule has 1 aliphatic rings. The van der Waals surface area contributed by atoms with Crippen molar-refractivity contribution in [3.05, 3.63) is 47.3 Å². The van der Waals surface area contributed by atoms with Crippen molar-refractivity contribution in [2.75, 3.05) is 18.0 Å². The van der Waals surface area contributed by atoms with Crippen molar-refractivity contribution in [3.8, 4) is 0 Å². The van der Waals surface area contributed by atoms with Crippen LogP contribution in [0.4, 0.5) is 5.69 Å². The Balaban J connectivity index is 1.59. The highest BCUT2D eigenvalue weighted by molar-refractivity contribution is 5.94. The van der Waals surface area contributed by atoms with Gasteiger partial charge in [-0.1, -0.05) is 39.0 Å². The van der Waals surface area contributed by atoms with Gasteiger partial charge in [0.1, 0.15) is 5.69 Å². The van der Waals surface area contributed by atoms with Gasteiger partial charge in [-0.25, -0.2) is 0 Å². The first kappa shape index (κ1) is 18.9. The molecule has 2 aromatic rings. The molecule has 0 fully saturated rings. The van der Waals surface area contributed by atoms with Crippen molar-refractivity contribution in [1.29, 1.82) is 0 Å². The van der Waals surface area contributed by atoms with Crippen LogP contribution in [0.25, 0.3) is 0 Å². The minimum atomic E-state index is -0.382. The Hall–Kier alpha value is -2.83. The number of fused-ring (bicyclic) bond motifs is 1. The average Bonchev–Trinajstić information content (AvgIpc) is 3.02. The van der Waals surface area contributed by atoms with Gasteiger partial charge in [0.05, 0.1) is 12.2 Å². The normalized spacial score (nSPS) is 13.9. The minimum Gasteiger partial charge on any atom is -0.362 e. The highest BCUT2D eigenvalue weighted by Gasteiger charge is 2.22. The molecule has 0 spiro atoms. The van der Waals surface area contributed by atoms with Gasteiger partial charge in [0, 0.05) is 24.7 Å². The molecule has 0 radical (unpaired) electrons. The van der Waals surface area contributed by atoms with E-state index in [1.54, 1.807) is 13.1 Å². The Morgan fingerprint density at radius 2 is 1.93 bits per heavy atom. The van der Waals surface area contributed by atoms with E-state index in [4.69, 9.17) is 0 Å². The fraction of sp³-hybridized carbons (Fsp3) is 0.450. The molecule has 2 amide bonds. The zero-order valence-corrected chi connectivity index (χ0v) is 16.4. The monoisotopic (exact) mass is 369 g/mol. The zero-order valence-electron chi connectivity index (χ0n) is 16.4. The fourth-order valence-corrected chi connectivity index (χ4v) is 3.23. The van der Waals surface area contributed by atoms with E-state index in [-0.39, 0.29) is 23.8 Å². The fourth-order valence-electron chi connectivity index (χ4n) is 3.23. The van der Waals surface area contributed by atoms with Gasteiger partial charge >= 0.3 is 0 Å². The number of hydrogen-bond acceptors (Lipinski definition) is 4. The highest BCUT2D eigenvalue weighted by Crippen LogP contribution is 2.26. The van der Waals surface area contributed by atoms with E-state index >= 15 is 0 Å². The molecule has 2 heterocycles. The number of benzene rings is 1. The first-order chi connectivity index (χ1) is 12.8. The Labute approximate surface area is 159 Å². The second-order valence-corrected chi connectivity index (χ2v) is 7.94. The Morgan fingerprint density at radius 3 is 2.63 bits per heavy atom. The summed E-state index contributed by atoms with van der Waals surface area (Å²) in [7, 11) is 1.72. The van der Waals surface area contributed by atoms with E-state index in [9.17, 15) is 9.59 Å². The number of aromatic nitrogens is 2.